The van der Waals surface area contributed by atoms with Crippen molar-refractivity contribution in [2.75, 3.05) is 13.7 Å². The molecule has 122 valence electrons. The van der Waals surface area contributed by atoms with Gasteiger partial charge in [0.15, 0.2) is 0 Å². The van der Waals surface area contributed by atoms with Gasteiger partial charge in [0.25, 0.3) is 6.29 Å². The summed E-state index contributed by atoms with van der Waals surface area (Å²) in [4.78, 5) is 24.4. The molecule has 0 fully saturated rings. The second-order valence-corrected chi connectivity index (χ2v) is 5.80. The van der Waals surface area contributed by atoms with E-state index in [1.165, 1.54) is 7.11 Å². The van der Waals surface area contributed by atoms with Crippen molar-refractivity contribution in [3.63, 3.8) is 0 Å². The Morgan fingerprint density at radius 3 is 3.00 bits per heavy atom. The summed E-state index contributed by atoms with van der Waals surface area (Å²) in [6, 6.07) is 1.74. The number of hydrogen-bond donors (Lipinski definition) is 0. The first-order valence-electron chi connectivity index (χ1n) is 7.55. The molecule has 7 heteroatoms. The zero-order valence-electron chi connectivity index (χ0n) is 12.7. The van der Waals surface area contributed by atoms with Gasteiger partial charge in [-0.2, -0.15) is 0 Å². The van der Waals surface area contributed by atoms with E-state index in [0.717, 1.165) is 5.56 Å². The Hall–Kier alpha value is -2.96. The van der Waals surface area contributed by atoms with E-state index < -0.39 is 17.9 Å². The third-order valence-corrected chi connectivity index (χ3v) is 4.63. The van der Waals surface area contributed by atoms with Crippen LogP contribution in [0.15, 0.2) is 27.6 Å². The lowest BCUT2D eigenvalue weighted by atomic mass is 10.9. The Morgan fingerprint density at radius 2 is 2.17 bits per heavy atom. The van der Waals surface area contributed by atoms with Crippen molar-refractivity contribution < 1.29 is 28.2 Å². The van der Waals surface area contributed by atoms with Crippen molar-refractivity contribution in [3.05, 3.63) is 45.5 Å². The average molecular weight is 345 g/mol. The lowest BCUT2D eigenvalue weighted by Crippen LogP contribution is -2.26. The van der Waals surface area contributed by atoms with Gasteiger partial charge in [-0.15, -0.1) is 0 Å². The standard InChI is InChI=1S/C17H12O7/c1-20-9-6-10-12(8-3-5-22-17(8)23-10)14-11(9)7-2-4-21-15(18)13(7)16(19)24-14/h3,5-6,8,17H,2,4H2,1H3/t8-,17+/m0/s1/i1+1,2+1,3+1,4+1,5+1,6+1,7+1,8+1,9+1,10+1,11+1,12+1,13+1,14+1,15+1,16+1,17+1. The number of fused-ring (bicyclic) bond motifs is 7. The van der Waals surface area contributed by atoms with Crippen LogP contribution in [0, 0.1) is 0 Å². The molecule has 0 bridgehead atoms. The number of ether oxygens (including phenoxy) is 4. The molecule has 0 saturated carbocycles. The average Bonchev–Trinajstić information content (AvgIpc) is 3.14. The minimum absolute atomic E-state index is 0.0549. The highest BCUT2D eigenvalue weighted by molar-refractivity contribution is 6.01. The maximum Gasteiger partial charge on any atom is 0.351 e. The number of benzene rings is 1. The van der Waals surface area contributed by atoms with E-state index in [4.69, 9.17) is 23.4 Å². The number of hydrogen-bond acceptors (Lipinski definition) is 7. The summed E-state index contributed by atoms with van der Waals surface area (Å²) in [6.07, 6.45) is 3.39. The fourth-order valence-corrected chi connectivity index (χ4v) is 3.60. The van der Waals surface area contributed by atoms with Crippen LogP contribution in [0.2, 0.25) is 0 Å². The molecule has 7 nitrogen and oxygen atoms in total. The molecule has 0 spiro atoms. The van der Waals surface area contributed by atoms with Crippen LogP contribution in [0.4, 0.5) is 0 Å². The van der Waals surface area contributed by atoms with Gasteiger partial charge in [-0.05, 0) is 11.6 Å². The first-order valence-corrected chi connectivity index (χ1v) is 7.55. The molecule has 1 aromatic carbocycles. The highest BCUT2D eigenvalue weighted by Gasteiger charge is 2.41. The first-order chi connectivity index (χ1) is 11.7. The van der Waals surface area contributed by atoms with Crippen molar-refractivity contribution in [3.8, 4) is 11.5 Å². The van der Waals surface area contributed by atoms with Gasteiger partial charge in [-0.1, -0.05) is 0 Å². The summed E-state index contributed by atoms with van der Waals surface area (Å²) in [5.41, 5.74) is 0.960. The van der Waals surface area contributed by atoms with E-state index in [1.807, 2.05) is 6.08 Å². The summed E-state index contributed by atoms with van der Waals surface area (Å²) in [5, 5.41) is 0.618. The summed E-state index contributed by atoms with van der Waals surface area (Å²) in [7, 11) is 1.52. The van der Waals surface area contributed by atoms with Crippen molar-refractivity contribution in [2.24, 2.45) is 0 Å². The SMILES string of the molecule is [13CH3]O[13c]1[13cH][13c]2[13c]([13c]3o[13c](=O)[13c]4[13c]([13c]13)[13CH2][13CH2]O[13C]4=O)[13C@@H]1[13CH]=[13CH]O[13C@@H]1O2. The van der Waals surface area contributed by atoms with Crippen LogP contribution in [0.3, 0.4) is 0 Å². The molecule has 1 aromatic heterocycles. The van der Waals surface area contributed by atoms with E-state index in [0.29, 0.717) is 34.5 Å². The van der Waals surface area contributed by atoms with Crippen molar-refractivity contribution >= 4 is 16.9 Å². The highest BCUT2D eigenvalue weighted by atomic mass is 16.9. The smallest absolute Gasteiger partial charge is 0.351 e. The van der Waals surface area contributed by atoms with Gasteiger partial charge in [0, 0.05) is 12.5 Å². The van der Waals surface area contributed by atoms with Gasteiger partial charge >= 0.3 is 11.6 Å². The van der Waals surface area contributed by atoms with Crippen LogP contribution >= 0.6 is 0 Å². The molecule has 0 N–H and O–H groups in total. The lowest BCUT2D eigenvalue weighted by Gasteiger charge is -2.18. The molecule has 5 rings (SSSR count). The summed E-state index contributed by atoms with van der Waals surface area (Å²) < 4.78 is 27.1. The zero-order valence-corrected chi connectivity index (χ0v) is 12.7. The molecule has 4 heterocycles. The number of carbonyl (C=O) groups is 1. The number of esters is 1. The predicted octanol–water partition coefficient (Wildman–Crippen LogP) is 1.86. The second kappa shape index (κ2) is 4.53. The molecule has 0 amide bonds. The van der Waals surface area contributed by atoms with E-state index in [9.17, 15) is 9.59 Å². The van der Waals surface area contributed by atoms with Crippen molar-refractivity contribution in [2.45, 2.75) is 18.6 Å². The zero-order chi connectivity index (χ0) is 16.4. The molecule has 24 heavy (non-hydrogen) atoms. The molecule has 0 aliphatic carbocycles. The summed E-state index contributed by atoms with van der Waals surface area (Å²) in [5.74, 6) is 0.223. The topological polar surface area (TPSA) is 84.2 Å². The third-order valence-electron chi connectivity index (χ3n) is 4.63. The van der Waals surface area contributed by atoms with Gasteiger partial charge < -0.3 is 23.4 Å². The fourth-order valence-electron chi connectivity index (χ4n) is 3.60. The van der Waals surface area contributed by atoms with E-state index >= 15 is 0 Å². The molecular weight excluding hydrogens is 333 g/mol. The largest absolute Gasteiger partial charge is 0.496 e. The van der Waals surface area contributed by atoms with E-state index in [1.54, 1.807) is 12.3 Å². The number of carbonyl (C=O) groups excluding carboxylic acids is 1. The van der Waals surface area contributed by atoms with Crippen LogP contribution in [0.25, 0.3) is 11.0 Å². The Morgan fingerprint density at radius 1 is 1.29 bits per heavy atom. The van der Waals surface area contributed by atoms with Gasteiger partial charge in [-0.25, -0.2) is 9.59 Å². The Bertz CT molecular complexity index is 985. The van der Waals surface area contributed by atoms with Gasteiger partial charge in [0.1, 0.15) is 22.6 Å². The number of methoxy groups -OCH3 is 1. The molecule has 2 aromatic rings. The highest BCUT2D eigenvalue weighted by Crippen LogP contribution is 2.49. The minimum atomic E-state index is -0.705. The van der Waals surface area contributed by atoms with E-state index in [-0.39, 0.29) is 18.1 Å². The second-order valence-electron chi connectivity index (χ2n) is 5.80. The third kappa shape index (κ3) is 1.56. The molecule has 0 radical (unpaired) electrons. The maximum absolute atomic E-state index is 12.4. The van der Waals surface area contributed by atoms with Crippen LogP contribution in [0.1, 0.15) is 27.4 Å². The number of rotatable bonds is 1. The van der Waals surface area contributed by atoms with Crippen LogP contribution in [-0.2, 0) is 15.9 Å². The normalized spacial score (nSPS) is 23.1. The molecule has 0 unspecified atom stereocenters. The van der Waals surface area contributed by atoms with Gasteiger partial charge in [-0.3, -0.25) is 0 Å². The minimum Gasteiger partial charge on any atom is -0.496 e. The van der Waals surface area contributed by atoms with E-state index in [2.05, 4.69) is 0 Å². The van der Waals surface area contributed by atoms with Crippen LogP contribution in [-0.4, -0.2) is 26.0 Å². The number of cyclic esters (lactones) is 1. The fraction of sp³-hybridized carbons (Fsp3) is 0.294. The summed E-state index contributed by atoms with van der Waals surface area (Å²) >= 11 is 0. The molecule has 2 atom stereocenters. The molecule has 0 saturated heterocycles. The Kier molecular flexibility index (Phi) is 2.54. The maximum atomic E-state index is 12.4. The Balaban J connectivity index is 1.93. The van der Waals surface area contributed by atoms with Crippen molar-refractivity contribution in [1.29, 1.82) is 0 Å². The Labute approximate surface area is 135 Å². The van der Waals surface area contributed by atoms with Crippen molar-refractivity contribution in [1.82, 2.24) is 0 Å². The first kappa shape index (κ1) is 13.5. The van der Waals surface area contributed by atoms with Gasteiger partial charge in [0.2, 0.25) is 0 Å². The molecule has 3 aliphatic rings. The molecular formula is C17H12O7. The predicted molar refractivity (Wildman–Crippen MR) is 80.4 cm³/mol. The van der Waals surface area contributed by atoms with Gasteiger partial charge in [0.05, 0.1) is 36.8 Å². The summed E-state index contributed by atoms with van der Waals surface area (Å²) in [6.45, 7) is 0.218. The monoisotopic (exact) mass is 345 g/mol. The molecule has 3 aliphatic heterocycles. The lowest BCUT2D eigenvalue weighted by molar-refractivity contribution is -0.00485. The van der Waals surface area contributed by atoms with Crippen LogP contribution in [0.5, 0.6) is 11.5 Å². The quantitative estimate of drug-likeness (QED) is 0.443. The van der Waals surface area contributed by atoms with Crippen LogP contribution < -0.4 is 15.1 Å².